The lowest BCUT2D eigenvalue weighted by Gasteiger charge is -2.23. The third-order valence-electron chi connectivity index (χ3n) is 3.08. The smallest absolute Gasteiger partial charge is 0.455 e. The molecular weight excluding hydrogens is 219 g/mol. The van der Waals surface area contributed by atoms with Gasteiger partial charge in [-0.2, -0.15) is 0 Å². The molecule has 0 aliphatic heterocycles. The molecule has 0 rings (SSSR count). The van der Waals surface area contributed by atoms with E-state index < -0.39 is 18.9 Å². The van der Waals surface area contributed by atoms with E-state index in [1.807, 2.05) is 6.92 Å². The minimum absolute atomic E-state index is 0.302. The Hall–Kier alpha value is -0.545. The van der Waals surface area contributed by atoms with Gasteiger partial charge in [-0.1, -0.05) is 39.5 Å². The number of carbonyl (C=O) groups is 1. The van der Waals surface area contributed by atoms with Gasteiger partial charge >= 0.3 is 13.1 Å². The molecule has 0 fully saturated rings. The topological polar surface area (TPSA) is 66.8 Å². The molecule has 2 N–H and O–H groups in total. The first-order chi connectivity index (χ1) is 8.08. The molecule has 0 saturated heterocycles. The van der Waals surface area contributed by atoms with Gasteiger partial charge in [0, 0.05) is 5.82 Å². The van der Waals surface area contributed by atoms with Crippen molar-refractivity contribution in [1.82, 2.24) is 0 Å². The Kier molecular flexibility index (Phi) is 9.18. The molecule has 5 heteroatoms. The van der Waals surface area contributed by atoms with Gasteiger partial charge in [-0.3, -0.25) is 4.79 Å². The molecule has 0 saturated carbocycles. The van der Waals surface area contributed by atoms with Crippen LogP contribution < -0.4 is 0 Å². The summed E-state index contributed by atoms with van der Waals surface area (Å²) < 4.78 is 5.01. The van der Waals surface area contributed by atoms with Crippen LogP contribution in [-0.4, -0.2) is 29.7 Å². The lowest BCUT2D eigenvalue weighted by molar-refractivity contribution is -0.148. The molecule has 0 bridgehead atoms. The zero-order valence-electron chi connectivity index (χ0n) is 11.2. The lowest BCUT2D eigenvalue weighted by atomic mass is 9.63. The van der Waals surface area contributed by atoms with E-state index >= 15 is 0 Å². The van der Waals surface area contributed by atoms with Crippen molar-refractivity contribution in [2.24, 2.45) is 5.92 Å². The first-order valence-electron chi connectivity index (χ1n) is 6.61. The van der Waals surface area contributed by atoms with Crippen LogP contribution in [-0.2, 0) is 9.53 Å². The molecule has 0 aromatic carbocycles. The molecule has 4 nitrogen and oxygen atoms in total. The van der Waals surface area contributed by atoms with E-state index in [2.05, 4.69) is 6.92 Å². The molecule has 0 spiro atoms. The summed E-state index contributed by atoms with van der Waals surface area (Å²) in [4.78, 5) is 11.8. The molecule has 0 aliphatic rings. The molecular formula is C12H25BO4. The van der Waals surface area contributed by atoms with Gasteiger partial charge in [0.05, 0.1) is 12.5 Å². The summed E-state index contributed by atoms with van der Waals surface area (Å²) in [5, 5.41) is 18.6. The largest absolute Gasteiger partial charge is 0.466 e. The van der Waals surface area contributed by atoms with Crippen molar-refractivity contribution in [2.45, 2.75) is 58.7 Å². The minimum atomic E-state index is -1.45. The van der Waals surface area contributed by atoms with E-state index in [0.717, 1.165) is 19.3 Å². The summed E-state index contributed by atoms with van der Waals surface area (Å²) in [6, 6.07) is 0. The van der Waals surface area contributed by atoms with Crippen molar-refractivity contribution in [3.05, 3.63) is 0 Å². The maximum absolute atomic E-state index is 11.8. The Balaban J connectivity index is 4.51. The summed E-state index contributed by atoms with van der Waals surface area (Å²) in [6.07, 6.45) is 4.28. The monoisotopic (exact) mass is 244 g/mol. The van der Waals surface area contributed by atoms with Gasteiger partial charge < -0.3 is 14.8 Å². The van der Waals surface area contributed by atoms with Crippen molar-refractivity contribution >= 4 is 13.1 Å². The molecule has 17 heavy (non-hydrogen) atoms. The second kappa shape index (κ2) is 9.48. The Labute approximate surface area is 105 Å². The van der Waals surface area contributed by atoms with E-state index in [4.69, 9.17) is 4.74 Å². The zero-order valence-corrected chi connectivity index (χ0v) is 11.2. The van der Waals surface area contributed by atoms with Crippen LogP contribution in [0.5, 0.6) is 0 Å². The Morgan fingerprint density at radius 2 is 1.88 bits per heavy atom. The van der Waals surface area contributed by atoms with Crippen molar-refractivity contribution in [1.29, 1.82) is 0 Å². The van der Waals surface area contributed by atoms with Gasteiger partial charge in [0.25, 0.3) is 0 Å². The van der Waals surface area contributed by atoms with Crippen molar-refractivity contribution in [3.8, 4) is 0 Å². The predicted octanol–water partition coefficient (Wildman–Crippen LogP) is 2.00. The molecule has 100 valence electrons. The lowest BCUT2D eigenvalue weighted by Crippen LogP contribution is -2.32. The average Bonchev–Trinajstić information content (AvgIpc) is 2.28. The summed E-state index contributed by atoms with van der Waals surface area (Å²) in [5.41, 5.74) is 0. The van der Waals surface area contributed by atoms with Crippen LogP contribution in [0.25, 0.3) is 0 Å². The zero-order chi connectivity index (χ0) is 13.3. The van der Waals surface area contributed by atoms with Gasteiger partial charge in [-0.25, -0.2) is 0 Å². The number of esters is 1. The first kappa shape index (κ1) is 16.5. The highest BCUT2D eigenvalue weighted by Gasteiger charge is 2.35. The van der Waals surface area contributed by atoms with Gasteiger partial charge in [-0.15, -0.1) is 0 Å². The molecule has 2 atom stereocenters. The predicted molar refractivity (Wildman–Crippen MR) is 68.5 cm³/mol. The average molecular weight is 244 g/mol. The van der Waals surface area contributed by atoms with E-state index in [9.17, 15) is 14.8 Å². The molecule has 0 heterocycles. The number of unbranched alkanes of at least 4 members (excludes halogenated alkanes) is 2. The highest BCUT2D eigenvalue weighted by Crippen LogP contribution is 2.29. The molecule has 2 unspecified atom stereocenters. The fourth-order valence-corrected chi connectivity index (χ4v) is 2.07. The van der Waals surface area contributed by atoms with E-state index in [-0.39, 0.29) is 5.97 Å². The number of hydrogen-bond donors (Lipinski definition) is 2. The van der Waals surface area contributed by atoms with Gasteiger partial charge in [0.15, 0.2) is 0 Å². The van der Waals surface area contributed by atoms with Crippen LogP contribution in [0.4, 0.5) is 0 Å². The van der Waals surface area contributed by atoms with Crippen LogP contribution in [0.1, 0.15) is 52.9 Å². The highest BCUT2D eigenvalue weighted by atomic mass is 16.5. The van der Waals surface area contributed by atoms with Crippen LogP contribution in [0, 0.1) is 5.92 Å². The van der Waals surface area contributed by atoms with Crippen LogP contribution in [0.2, 0.25) is 5.82 Å². The Morgan fingerprint density at radius 1 is 1.24 bits per heavy atom. The van der Waals surface area contributed by atoms with E-state index in [1.165, 1.54) is 0 Å². The van der Waals surface area contributed by atoms with E-state index in [0.29, 0.717) is 19.4 Å². The van der Waals surface area contributed by atoms with Crippen molar-refractivity contribution in [3.63, 3.8) is 0 Å². The second-order valence-electron chi connectivity index (χ2n) is 4.34. The van der Waals surface area contributed by atoms with Crippen LogP contribution in [0.15, 0.2) is 0 Å². The number of rotatable bonds is 9. The van der Waals surface area contributed by atoms with Gasteiger partial charge in [0.1, 0.15) is 0 Å². The third kappa shape index (κ3) is 6.08. The fraction of sp³-hybridized carbons (Fsp3) is 0.917. The normalized spacial score (nSPS) is 14.2. The highest BCUT2D eigenvalue weighted by molar-refractivity contribution is 6.43. The van der Waals surface area contributed by atoms with E-state index in [1.54, 1.807) is 6.92 Å². The summed E-state index contributed by atoms with van der Waals surface area (Å²) in [6.45, 7) is 6.05. The second-order valence-corrected chi connectivity index (χ2v) is 4.34. The number of ether oxygens (including phenoxy) is 1. The quantitative estimate of drug-likeness (QED) is 0.370. The Morgan fingerprint density at radius 3 is 2.29 bits per heavy atom. The maximum atomic E-state index is 11.8. The SMILES string of the molecule is CCCCCC(C(=O)OCC)C(CC)B(O)O. The van der Waals surface area contributed by atoms with Gasteiger partial charge in [-0.05, 0) is 13.3 Å². The summed E-state index contributed by atoms with van der Waals surface area (Å²) in [5.74, 6) is -1.12. The number of carbonyl (C=O) groups excluding carboxylic acids is 1. The standard InChI is InChI=1S/C12H25BO4/c1-4-7-8-9-10(12(14)17-6-3)11(5-2)13(15)16/h10-11,15-16H,4-9H2,1-3H3. The fourth-order valence-electron chi connectivity index (χ4n) is 2.07. The molecule has 0 aromatic heterocycles. The molecule has 0 aliphatic carbocycles. The summed E-state index contributed by atoms with van der Waals surface area (Å²) >= 11 is 0. The minimum Gasteiger partial charge on any atom is -0.466 e. The maximum Gasteiger partial charge on any atom is 0.455 e. The van der Waals surface area contributed by atoms with Gasteiger partial charge in [0.2, 0.25) is 0 Å². The van der Waals surface area contributed by atoms with Crippen LogP contribution in [0.3, 0.4) is 0 Å². The van der Waals surface area contributed by atoms with Crippen molar-refractivity contribution in [2.75, 3.05) is 6.61 Å². The summed E-state index contributed by atoms with van der Waals surface area (Å²) in [7, 11) is -1.45. The number of hydrogen-bond acceptors (Lipinski definition) is 4. The third-order valence-corrected chi connectivity index (χ3v) is 3.08. The van der Waals surface area contributed by atoms with Crippen LogP contribution >= 0.6 is 0 Å². The first-order valence-corrected chi connectivity index (χ1v) is 6.61. The van der Waals surface area contributed by atoms with Crippen molar-refractivity contribution < 1.29 is 19.6 Å². The molecule has 0 radical (unpaired) electrons. The Bertz CT molecular complexity index is 209. The molecule has 0 aromatic rings. The molecule has 0 amide bonds.